The monoisotopic (exact) mass is 373 g/mol. The average Bonchev–Trinajstić information content (AvgIpc) is 3.37. The van der Waals surface area contributed by atoms with E-state index in [0.717, 1.165) is 17.7 Å². The van der Waals surface area contributed by atoms with E-state index in [-0.39, 0.29) is 43.4 Å². The first-order chi connectivity index (χ1) is 12.6. The molecule has 1 atom stereocenters. The molecular formula is C18H19N3O4S. The van der Waals surface area contributed by atoms with Crippen molar-refractivity contribution in [1.29, 1.82) is 0 Å². The molecule has 4 heterocycles. The van der Waals surface area contributed by atoms with Gasteiger partial charge in [-0.05, 0) is 42.0 Å². The second-order valence-corrected chi connectivity index (χ2v) is 7.36. The Morgan fingerprint density at radius 3 is 2.96 bits per heavy atom. The van der Waals surface area contributed by atoms with Gasteiger partial charge < -0.3 is 14.6 Å². The Labute approximate surface area is 154 Å². The molecule has 1 saturated heterocycles. The van der Waals surface area contributed by atoms with Crippen molar-refractivity contribution < 1.29 is 18.8 Å². The zero-order chi connectivity index (χ0) is 18.1. The molecule has 7 nitrogen and oxygen atoms in total. The molecule has 0 aromatic carbocycles. The number of carbonyl (C=O) groups excluding carboxylic acids is 3. The largest absolute Gasteiger partial charge is 0.467 e. The van der Waals surface area contributed by atoms with E-state index in [0.29, 0.717) is 13.0 Å². The summed E-state index contributed by atoms with van der Waals surface area (Å²) in [5.41, 5.74) is 1.12. The van der Waals surface area contributed by atoms with Crippen LogP contribution in [0.5, 0.6) is 0 Å². The summed E-state index contributed by atoms with van der Waals surface area (Å²) in [5, 5.41) is 4.53. The molecule has 136 valence electrons. The molecule has 0 spiro atoms. The van der Waals surface area contributed by atoms with E-state index < -0.39 is 0 Å². The van der Waals surface area contributed by atoms with Crippen molar-refractivity contribution in [2.24, 2.45) is 0 Å². The molecule has 2 aromatic heterocycles. The highest BCUT2D eigenvalue weighted by Crippen LogP contribution is 2.38. The van der Waals surface area contributed by atoms with Gasteiger partial charge in [-0.2, -0.15) is 0 Å². The van der Waals surface area contributed by atoms with Crippen LogP contribution in [0.2, 0.25) is 0 Å². The van der Waals surface area contributed by atoms with E-state index in [1.165, 1.54) is 9.78 Å². The number of rotatable bonds is 5. The van der Waals surface area contributed by atoms with Gasteiger partial charge in [-0.1, -0.05) is 0 Å². The molecule has 2 aliphatic heterocycles. The van der Waals surface area contributed by atoms with Crippen molar-refractivity contribution in [3.8, 4) is 0 Å². The highest BCUT2D eigenvalue weighted by atomic mass is 32.1. The van der Waals surface area contributed by atoms with Crippen LogP contribution >= 0.6 is 11.3 Å². The predicted octanol–water partition coefficient (Wildman–Crippen LogP) is 2.15. The van der Waals surface area contributed by atoms with Crippen LogP contribution < -0.4 is 5.32 Å². The lowest BCUT2D eigenvalue weighted by molar-refractivity contribution is -0.134. The van der Waals surface area contributed by atoms with Gasteiger partial charge in [0.25, 0.3) is 0 Å². The summed E-state index contributed by atoms with van der Waals surface area (Å²) in [6, 6.07) is 5.20. The first-order valence-corrected chi connectivity index (χ1v) is 9.50. The lowest BCUT2D eigenvalue weighted by atomic mass is 9.97. The number of furan rings is 1. The summed E-state index contributed by atoms with van der Waals surface area (Å²) < 4.78 is 5.60. The molecule has 0 saturated carbocycles. The maximum absolute atomic E-state index is 12.9. The standard InChI is InChI=1S/C18H19N3O4S/c22-15(4-1-7-21-16(23)11-19-18(21)24)20-8-5-14-12(6-10-26-14)17(20)13-3-2-9-25-13/h2-3,6,9-10,17H,1,4-5,7-8,11H2,(H,19,24). The summed E-state index contributed by atoms with van der Waals surface area (Å²) in [7, 11) is 0. The van der Waals surface area contributed by atoms with Gasteiger partial charge in [0, 0.05) is 24.4 Å². The van der Waals surface area contributed by atoms with Gasteiger partial charge in [0.1, 0.15) is 11.8 Å². The van der Waals surface area contributed by atoms with Crippen molar-refractivity contribution in [3.05, 3.63) is 46.0 Å². The maximum atomic E-state index is 12.9. The van der Waals surface area contributed by atoms with Gasteiger partial charge in [-0.3, -0.25) is 14.5 Å². The maximum Gasteiger partial charge on any atom is 0.324 e. The highest BCUT2D eigenvalue weighted by molar-refractivity contribution is 7.10. The SMILES string of the molecule is O=C1CNC(=O)N1CCCC(=O)N1CCc2sccc2C1c1ccco1. The van der Waals surface area contributed by atoms with Gasteiger partial charge in [0.15, 0.2) is 0 Å². The minimum Gasteiger partial charge on any atom is -0.467 e. The van der Waals surface area contributed by atoms with Crippen LogP contribution in [0.1, 0.15) is 35.1 Å². The molecule has 1 unspecified atom stereocenters. The highest BCUT2D eigenvalue weighted by Gasteiger charge is 2.34. The van der Waals surface area contributed by atoms with Crippen molar-refractivity contribution in [1.82, 2.24) is 15.1 Å². The van der Waals surface area contributed by atoms with Crippen molar-refractivity contribution in [3.63, 3.8) is 0 Å². The Balaban J connectivity index is 1.45. The van der Waals surface area contributed by atoms with Crippen LogP contribution in [-0.2, 0) is 16.0 Å². The number of carbonyl (C=O) groups is 3. The lowest BCUT2D eigenvalue weighted by Crippen LogP contribution is -2.40. The lowest BCUT2D eigenvalue weighted by Gasteiger charge is -2.35. The second kappa shape index (κ2) is 6.95. The smallest absolute Gasteiger partial charge is 0.324 e. The zero-order valence-electron chi connectivity index (χ0n) is 14.1. The van der Waals surface area contributed by atoms with Crippen molar-refractivity contribution in [2.45, 2.75) is 25.3 Å². The molecular weight excluding hydrogens is 354 g/mol. The van der Waals surface area contributed by atoms with Crippen LogP contribution in [0.15, 0.2) is 34.3 Å². The summed E-state index contributed by atoms with van der Waals surface area (Å²) in [4.78, 5) is 40.3. The molecule has 1 fully saturated rings. The molecule has 1 N–H and O–H groups in total. The van der Waals surface area contributed by atoms with Crippen LogP contribution in [0.4, 0.5) is 4.79 Å². The predicted molar refractivity (Wildman–Crippen MR) is 94.6 cm³/mol. The number of thiophene rings is 1. The Morgan fingerprint density at radius 1 is 1.35 bits per heavy atom. The zero-order valence-corrected chi connectivity index (χ0v) is 15.0. The Morgan fingerprint density at radius 2 is 2.23 bits per heavy atom. The third-order valence-electron chi connectivity index (χ3n) is 4.81. The average molecular weight is 373 g/mol. The van der Waals surface area contributed by atoms with Gasteiger partial charge in [0.05, 0.1) is 12.8 Å². The quantitative estimate of drug-likeness (QED) is 0.814. The van der Waals surface area contributed by atoms with Gasteiger partial charge in [0.2, 0.25) is 11.8 Å². The van der Waals surface area contributed by atoms with E-state index in [1.807, 2.05) is 22.4 Å². The molecule has 0 radical (unpaired) electrons. The number of imide groups is 1. The first kappa shape index (κ1) is 16.8. The van der Waals surface area contributed by atoms with Gasteiger partial charge >= 0.3 is 6.03 Å². The fraction of sp³-hybridized carbons (Fsp3) is 0.389. The van der Waals surface area contributed by atoms with Crippen molar-refractivity contribution in [2.75, 3.05) is 19.6 Å². The van der Waals surface area contributed by atoms with Crippen LogP contribution in [0.3, 0.4) is 0 Å². The minimum atomic E-state index is -0.378. The molecule has 4 rings (SSSR count). The minimum absolute atomic E-state index is 0.00954. The van der Waals surface area contributed by atoms with E-state index in [2.05, 4.69) is 11.4 Å². The molecule has 2 aliphatic rings. The van der Waals surface area contributed by atoms with E-state index in [1.54, 1.807) is 17.6 Å². The number of hydrogen-bond donors (Lipinski definition) is 1. The summed E-state index contributed by atoms with van der Waals surface area (Å²) in [6.45, 7) is 0.945. The van der Waals surface area contributed by atoms with Gasteiger partial charge in [-0.25, -0.2) is 4.79 Å². The number of hydrogen-bond acceptors (Lipinski definition) is 5. The molecule has 8 heteroatoms. The third-order valence-corrected chi connectivity index (χ3v) is 5.80. The first-order valence-electron chi connectivity index (χ1n) is 8.62. The van der Waals surface area contributed by atoms with Gasteiger partial charge in [-0.15, -0.1) is 11.3 Å². The Bertz CT molecular complexity index is 813. The third kappa shape index (κ3) is 3.01. The Hall–Kier alpha value is -2.61. The molecule has 0 bridgehead atoms. The van der Waals surface area contributed by atoms with Crippen LogP contribution in [0, 0.1) is 0 Å². The van der Waals surface area contributed by atoms with E-state index in [9.17, 15) is 14.4 Å². The number of fused-ring (bicyclic) bond motifs is 1. The fourth-order valence-corrected chi connectivity index (χ4v) is 4.46. The Kier molecular flexibility index (Phi) is 4.50. The molecule has 4 amide bonds. The molecule has 2 aromatic rings. The fourth-order valence-electron chi connectivity index (χ4n) is 3.55. The van der Waals surface area contributed by atoms with Crippen LogP contribution in [0.25, 0.3) is 0 Å². The van der Waals surface area contributed by atoms with E-state index >= 15 is 0 Å². The molecule has 0 aliphatic carbocycles. The van der Waals surface area contributed by atoms with E-state index in [4.69, 9.17) is 4.42 Å². The number of urea groups is 1. The number of nitrogens with zero attached hydrogens (tertiary/aromatic N) is 2. The normalized spacial score (nSPS) is 19.6. The van der Waals surface area contributed by atoms with Crippen LogP contribution in [-0.4, -0.2) is 47.3 Å². The number of nitrogens with one attached hydrogen (secondary N) is 1. The van der Waals surface area contributed by atoms with Crippen molar-refractivity contribution >= 4 is 29.2 Å². The summed E-state index contributed by atoms with van der Waals surface area (Å²) in [5.74, 6) is 0.527. The summed E-state index contributed by atoms with van der Waals surface area (Å²) in [6.07, 6.45) is 3.20. The summed E-state index contributed by atoms with van der Waals surface area (Å²) >= 11 is 1.71. The number of amides is 4. The second-order valence-electron chi connectivity index (χ2n) is 6.36. The topological polar surface area (TPSA) is 82.9 Å². The molecule has 26 heavy (non-hydrogen) atoms.